The number of anilines is 1. The van der Waals surface area contributed by atoms with Crippen LogP contribution in [0.3, 0.4) is 0 Å². The largest absolute Gasteiger partial charge is 0.332 e. The number of rotatable bonds is 9. The van der Waals surface area contributed by atoms with Gasteiger partial charge in [0, 0.05) is 23.4 Å². The molecule has 0 aliphatic carbocycles. The van der Waals surface area contributed by atoms with Crippen LogP contribution in [0.5, 0.6) is 0 Å². The average molecular weight is 418 g/mol. The maximum Gasteiger partial charge on any atom is 0.279 e. The van der Waals surface area contributed by atoms with Gasteiger partial charge in [0.05, 0.1) is 4.90 Å². The smallest absolute Gasteiger partial charge is 0.279 e. The average Bonchev–Trinajstić information content (AvgIpc) is 2.67. The van der Waals surface area contributed by atoms with Crippen molar-refractivity contribution in [1.82, 2.24) is 0 Å². The minimum absolute atomic E-state index is 0.155. The van der Waals surface area contributed by atoms with Crippen molar-refractivity contribution in [3.8, 4) is 0 Å². The van der Waals surface area contributed by atoms with Crippen molar-refractivity contribution in [2.75, 3.05) is 18.1 Å². The first kappa shape index (κ1) is 23.1. The number of quaternary nitrogens is 1. The van der Waals surface area contributed by atoms with E-state index in [-0.39, 0.29) is 23.4 Å². The van der Waals surface area contributed by atoms with Crippen LogP contribution in [0.25, 0.3) is 0 Å². The Kier molecular flexibility index (Phi) is 7.99. The maximum absolute atomic E-state index is 12.4. The molecule has 2 aromatic carbocycles. The molecule has 0 aliphatic heterocycles. The van der Waals surface area contributed by atoms with Crippen LogP contribution in [0.2, 0.25) is 0 Å². The van der Waals surface area contributed by atoms with Gasteiger partial charge in [0.2, 0.25) is 0 Å². The van der Waals surface area contributed by atoms with Gasteiger partial charge in [0.15, 0.2) is 16.4 Å². The molecule has 6 heteroatoms. The Balaban J connectivity index is 2.03. The first-order valence-electron chi connectivity index (χ1n) is 10.1. The molecule has 0 saturated heterocycles. The van der Waals surface area contributed by atoms with Gasteiger partial charge in [-0.3, -0.25) is 4.79 Å². The fourth-order valence-electron chi connectivity index (χ4n) is 3.33. The third kappa shape index (κ3) is 6.68. The van der Waals surface area contributed by atoms with Crippen molar-refractivity contribution in [3.05, 3.63) is 59.7 Å². The Hall–Kier alpha value is -2.18. The van der Waals surface area contributed by atoms with E-state index in [1.165, 1.54) is 23.3 Å². The van der Waals surface area contributed by atoms with Gasteiger partial charge < -0.3 is 10.6 Å². The highest BCUT2D eigenvalue weighted by molar-refractivity contribution is 7.90. The molecular formula is C23H33N2O3S+. The Morgan fingerprint density at radius 1 is 1.03 bits per heavy atom. The zero-order valence-corrected chi connectivity index (χ0v) is 18.8. The second kappa shape index (κ2) is 10.0. The van der Waals surface area contributed by atoms with E-state index in [1.807, 2.05) is 5.32 Å². The third-order valence-electron chi connectivity index (χ3n) is 5.32. The molecule has 2 rings (SSSR count). The zero-order chi connectivity index (χ0) is 21.6. The van der Waals surface area contributed by atoms with E-state index in [2.05, 4.69) is 57.3 Å². The second-order valence-corrected chi connectivity index (χ2v) is 10.0. The molecule has 0 saturated carbocycles. The van der Waals surface area contributed by atoms with E-state index < -0.39 is 9.84 Å². The molecule has 0 aromatic heterocycles. The number of carbonyl (C=O) groups excluding carboxylic acids is 1. The molecule has 1 amide bonds. The summed E-state index contributed by atoms with van der Waals surface area (Å²) in [5.74, 6) is 0.752. The van der Waals surface area contributed by atoms with Crippen LogP contribution in [-0.4, -0.2) is 27.1 Å². The molecule has 0 bridgehead atoms. The summed E-state index contributed by atoms with van der Waals surface area (Å²) >= 11 is 0. The lowest BCUT2D eigenvalue weighted by molar-refractivity contribution is -0.692. The minimum Gasteiger partial charge on any atom is -0.332 e. The van der Waals surface area contributed by atoms with Gasteiger partial charge in [-0.2, -0.15) is 0 Å². The van der Waals surface area contributed by atoms with Crippen molar-refractivity contribution < 1.29 is 18.5 Å². The fraction of sp³-hybridized carbons (Fsp3) is 0.435. The summed E-state index contributed by atoms with van der Waals surface area (Å²) in [5, 5.41) is 4.84. The van der Waals surface area contributed by atoms with Gasteiger partial charge in [-0.15, -0.1) is 0 Å². The van der Waals surface area contributed by atoms with Crippen molar-refractivity contribution in [2.24, 2.45) is 5.92 Å². The van der Waals surface area contributed by atoms with Crippen LogP contribution < -0.4 is 10.6 Å². The standard InChI is InChI=1S/C23H32N2O3S/c1-6-17(4)18-10-12-19(13-11-18)23(16(2)3)24-15-22(26)25-20-8-7-9-21(14-20)29(5,27)28/h7-14,16-17,23-24H,6,15H2,1-5H3,(H,25,26)/p+1/t17-,23+/m0/s1. The number of sulfone groups is 1. The predicted molar refractivity (Wildman–Crippen MR) is 118 cm³/mol. The molecule has 0 unspecified atom stereocenters. The highest BCUT2D eigenvalue weighted by atomic mass is 32.2. The van der Waals surface area contributed by atoms with Gasteiger partial charge in [0.25, 0.3) is 5.91 Å². The lowest BCUT2D eigenvalue weighted by atomic mass is 9.92. The number of hydrogen-bond acceptors (Lipinski definition) is 3. The second-order valence-electron chi connectivity index (χ2n) is 8.03. The summed E-state index contributed by atoms with van der Waals surface area (Å²) in [6, 6.07) is 15.2. The first-order valence-corrected chi connectivity index (χ1v) is 12.0. The SMILES string of the molecule is CC[C@H](C)c1ccc([C@H]([NH2+]CC(=O)Nc2cccc(S(C)(=O)=O)c2)C(C)C)cc1. The van der Waals surface area contributed by atoms with Crippen LogP contribution in [0, 0.1) is 5.92 Å². The van der Waals surface area contributed by atoms with Gasteiger partial charge in [-0.05, 0) is 36.1 Å². The van der Waals surface area contributed by atoms with E-state index in [4.69, 9.17) is 0 Å². The number of amides is 1. The molecular weight excluding hydrogens is 384 g/mol. The van der Waals surface area contributed by atoms with Crippen LogP contribution in [0.15, 0.2) is 53.4 Å². The van der Waals surface area contributed by atoms with Crippen molar-refractivity contribution in [3.63, 3.8) is 0 Å². The van der Waals surface area contributed by atoms with Crippen molar-refractivity contribution in [2.45, 2.75) is 51.0 Å². The third-order valence-corrected chi connectivity index (χ3v) is 6.43. The topological polar surface area (TPSA) is 79.8 Å². The number of hydrogen-bond donors (Lipinski definition) is 2. The first-order chi connectivity index (χ1) is 13.6. The maximum atomic E-state index is 12.4. The van der Waals surface area contributed by atoms with Gasteiger partial charge in [0.1, 0.15) is 6.04 Å². The number of nitrogens with one attached hydrogen (secondary N) is 1. The Labute approximate surface area is 174 Å². The van der Waals surface area contributed by atoms with Crippen LogP contribution in [0.1, 0.15) is 57.2 Å². The quantitative estimate of drug-likeness (QED) is 0.655. The molecule has 0 aliphatic rings. The highest BCUT2D eigenvalue weighted by Crippen LogP contribution is 2.23. The van der Waals surface area contributed by atoms with Crippen LogP contribution >= 0.6 is 0 Å². The van der Waals surface area contributed by atoms with Crippen LogP contribution in [0.4, 0.5) is 5.69 Å². The Bertz CT molecular complexity index is 921. The molecule has 158 valence electrons. The summed E-state index contributed by atoms with van der Waals surface area (Å²) in [4.78, 5) is 12.6. The lowest BCUT2D eigenvalue weighted by Crippen LogP contribution is -2.88. The van der Waals surface area contributed by atoms with E-state index in [0.29, 0.717) is 17.5 Å². The van der Waals surface area contributed by atoms with Gasteiger partial charge in [-0.25, -0.2) is 8.42 Å². The molecule has 3 N–H and O–H groups in total. The summed E-state index contributed by atoms with van der Waals surface area (Å²) in [6.45, 7) is 8.98. The molecule has 0 radical (unpaired) electrons. The minimum atomic E-state index is -3.31. The van der Waals surface area contributed by atoms with Crippen molar-refractivity contribution in [1.29, 1.82) is 0 Å². The van der Waals surface area contributed by atoms with E-state index in [0.717, 1.165) is 12.7 Å². The van der Waals surface area contributed by atoms with E-state index in [9.17, 15) is 13.2 Å². The molecule has 2 atom stereocenters. The van der Waals surface area contributed by atoms with E-state index in [1.54, 1.807) is 12.1 Å². The predicted octanol–water partition coefficient (Wildman–Crippen LogP) is 3.50. The molecule has 0 spiro atoms. The molecule has 2 aromatic rings. The van der Waals surface area contributed by atoms with Gasteiger partial charge >= 0.3 is 0 Å². The summed E-state index contributed by atoms with van der Waals surface area (Å²) < 4.78 is 23.4. The summed E-state index contributed by atoms with van der Waals surface area (Å²) in [7, 11) is -3.31. The summed E-state index contributed by atoms with van der Waals surface area (Å²) in [5.41, 5.74) is 3.03. The van der Waals surface area contributed by atoms with Gasteiger partial charge in [-0.1, -0.05) is 58.0 Å². The highest BCUT2D eigenvalue weighted by Gasteiger charge is 2.21. The molecule has 0 fully saturated rings. The summed E-state index contributed by atoms with van der Waals surface area (Å²) in [6.07, 6.45) is 2.27. The number of carbonyl (C=O) groups is 1. The fourth-order valence-corrected chi connectivity index (χ4v) is 3.99. The Morgan fingerprint density at radius 3 is 2.21 bits per heavy atom. The number of benzene rings is 2. The molecule has 29 heavy (non-hydrogen) atoms. The van der Waals surface area contributed by atoms with Crippen molar-refractivity contribution >= 4 is 21.4 Å². The van der Waals surface area contributed by atoms with Crippen LogP contribution in [-0.2, 0) is 14.6 Å². The monoisotopic (exact) mass is 417 g/mol. The molecule has 0 heterocycles. The Morgan fingerprint density at radius 2 is 1.66 bits per heavy atom. The molecule has 5 nitrogen and oxygen atoms in total. The lowest BCUT2D eigenvalue weighted by Gasteiger charge is -2.20. The normalized spacial score (nSPS) is 13.9. The zero-order valence-electron chi connectivity index (χ0n) is 18.0. The number of nitrogens with two attached hydrogens (primary N) is 1. The van der Waals surface area contributed by atoms with E-state index >= 15 is 0 Å².